The first-order valence-electron chi connectivity index (χ1n) is 8.29. The van der Waals surface area contributed by atoms with Gasteiger partial charge >= 0.3 is 0 Å². The maximum atomic E-state index is 5.44. The fourth-order valence-corrected chi connectivity index (χ4v) is 4.25. The Morgan fingerprint density at radius 2 is 2.05 bits per heavy atom. The number of ether oxygens (including phenoxy) is 1. The molecule has 0 unspecified atom stereocenters. The maximum Gasteiger partial charge on any atom is 0.119 e. The normalized spacial score (nSPS) is 28.6. The van der Waals surface area contributed by atoms with Crippen LogP contribution in [-0.4, -0.2) is 7.11 Å². The van der Waals surface area contributed by atoms with Crippen LogP contribution < -0.4 is 4.74 Å². The summed E-state index contributed by atoms with van der Waals surface area (Å²) < 4.78 is 5.44. The highest BCUT2D eigenvalue weighted by atomic mass is 16.5. The molecule has 21 heavy (non-hydrogen) atoms. The number of rotatable bonds is 3. The van der Waals surface area contributed by atoms with Gasteiger partial charge in [0.2, 0.25) is 0 Å². The van der Waals surface area contributed by atoms with E-state index in [9.17, 15) is 0 Å². The van der Waals surface area contributed by atoms with Crippen molar-refractivity contribution in [2.75, 3.05) is 7.11 Å². The van der Waals surface area contributed by atoms with Crippen LogP contribution in [0.1, 0.15) is 49.7 Å². The third kappa shape index (κ3) is 2.92. The smallest absolute Gasteiger partial charge is 0.119 e. The minimum Gasteiger partial charge on any atom is -0.497 e. The largest absolute Gasteiger partial charge is 0.497 e. The van der Waals surface area contributed by atoms with Gasteiger partial charge in [0.1, 0.15) is 5.75 Å². The predicted molar refractivity (Wildman–Crippen MR) is 88.8 cm³/mol. The van der Waals surface area contributed by atoms with E-state index in [1.54, 1.807) is 18.2 Å². The van der Waals surface area contributed by atoms with Crippen molar-refractivity contribution in [3.05, 3.63) is 53.6 Å². The SMILES string of the molecule is C/C=C/C=C/[C@H]1CCC[C@H]2c3cc(OC)ccc3CC[C@H]12. The van der Waals surface area contributed by atoms with E-state index in [-0.39, 0.29) is 0 Å². The molecule has 1 fully saturated rings. The number of fused-ring (bicyclic) bond motifs is 3. The molecule has 0 N–H and O–H groups in total. The van der Waals surface area contributed by atoms with E-state index in [0.29, 0.717) is 0 Å². The van der Waals surface area contributed by atoms with Crippen LogP contribution >= 0.6 is 0 Å². The highest BCUT2D eigenvalue weighted by Gasteiger charge is 2.36. The molecule has 2 aliphatic rings. The molecular weight excluding hydrogens is 256 g/mol. The number of benzene rings is 1. The molecule has 0 saturated heterocycles. The van der Waals surface area contributed by atoms with Crippen molar-refractivity contribution in [1.29, 1.82) is 0 Å². The molecule has 3 rings (SSSR count). The summed E-state index contributed by atoms with van der Waals surface area (Å²) in [5.41, 5.74) is 3.12. The summed E-state index contributed by atoms with van der Waals surface area (Å²) in [5.74, 6) is 3.32. The topological polar surface area (TPSA) is 9.23 Å². The highest BCUT2D eigenvalue weighted by molar-refractivity contribution is 5.40. The Kier molecular flexibility index (Phi) is 4.48. The Hall–Kier alpha value is -1.50. The molecule has 0 heterocycles. The van der Waals surface area contributed by atoms with Crippen LogP contribution in [0.5, 0.6) is 5.75 Å². The number of hydrogen-bond donors (Lipinski definition) is 0. The Bertz CT molecular complexity index is 541. The summed E-state index contributed by atoms with van der Waals surface area (Å²) in [6.07, 6.45) is 15.6. The quantitative estimate of drug-likeness (QED) is 0.686. The lowest BCUT2D eigenvalue weighted by molar-refractivity contribution is 0.216. The van der Waals surface area contributed by atoms with Crippen LogP contribution in [0.15, 0.2) is 42.5 Å². The number of allylic oxidation sites excluding steroid dienone is 4. The van der Waals surface area contributed by atoms with Crippen molar-refractivity contribution in [3.63, 3.8) is 0 Å². The first-order chi connectivity index (χ1) is 10.3. The molecule has 1 nitrogen and oxygen atoms in total. The molecule has 1 aromatic rings. The first kappa shape index (κ1) is 14.4. The average Bonchev–Trinajstić information content (AvgIpc) is 2.54. The van der Waals surface area contributed by atoms with Crippen LogP contribution in [0.2, 0.25) is 0 Å². The Labute approximate surface area is 128 Å². The third-order valence-electron chi connectivity index (χ3n) is 5.28. The van der Waals surface area contributed by atoms with Gasteiger partial charge in [0.05, 0.1) is 7.11 Å². The average molecular weight is 282 g/mol. The molecule has 0 amide bonds. The van der Waals surface area contributed by atoms with Gasteiger partial charge in [-0.2, -0.15) is 0 Å². The van der Waals surface area contributed by atoms with Crippen LogP contribution in [0.4, 0.5) is 0 Å². The van der Waals surface area contributed by atoms with Crippen molar-refractivity contribution in [1.82, 2.24) is 0 Å². The molecule has 112 valence electrons. The van der Waals surface area contributed by atoms with E-state index in [0.717, 1.165) is 23.5 Å². The Morgan fingerprint density at radius 3 is 2.86 bits per heavy atom. The molecule has 0 aliphatic heterocycles. The first-order valence-corrected chi connectivity index (χ1v) is 8.29. The second-order valence-corrected chi connectivity index (χ2v) is 6.38. The van der Waals surface area contributed by atoms with Crippen LogP contribution in [0, 0.1) is 11.8 Å². The lowest BCUT2D eigenvalue weighted by Crippen LogP contribution is -2.30. The molecule has 1 heteroatoms. The van der Waals surface area contributed by atoms with E-state index in [2.05, 4.69) is 49.4 Å². The van der Waals surface area contributed by atoms with Crippen molar-refractivity contribution >= 4 is 0 Å². The van der Waals surface area contributed by atoms with E-state index in [1.165, 1.54) is 32.1 Å². The van der Waals surface area contributed by atoms with Crippen molar-refractivity contribution < 1.29 is 4.74 Å². The molecule has 2 aliphatic carbocycles. The van der Waals surface area contributed by atoms with Gasteiger partial charge in [-0.3, -0.25) is 0 Å². The summed E-state index contributed by atoms with van der Waals surface area (Å²) in [4.78, 5) is 0. The minimum absolute atomic E-state index is 0.734. The van der Waals surface area contributed by atoms with Gasteiger partial charge in [0, 0.05) is 0 Å². The molecule has 0 bridgehead atoms. The van der Waals surface area contributed by atoms with Crippen molar-refractivity contribution in [2.45, 2.75) is 44.9 Å². The van der Waals surface area contributed by atoms with Crippen LogP contribution in [0.3, 0.4) is 0 Å². The summed E-state index contributed by atoms with van der Waals surface area (Å²) in [5, 5.41) is 0. The fraction of sp³-hybridized carbons (Fsp3) is 0.500. The highest BCUT2D eigenvalue weighted by Crippen LogP contribution is 2.48. The predicted octanol–water partition coefficient (Wildman–Crippen LogP) is 5.27. The molecule has 0 aromatic heterocycles. The van der Waals surface area contributed by atoms with E-state index < -0.39 is 0 Å². The van der Waals surface area contributed by atoms with Gasteiger partial charge in [0.25, 0.3) is 0 Å². The fourth-order valence-electron chi connectivity index (χ4n) is 4.25. The molecule has 0 spiro atoms. The standard InChI is InChI=1S/C20H26O/c1-3-4-5-7-15-8-6-9-19-18(15)13-11-16-10-12-17(21-2)14-20(16)19/h3-5,7,10,12,14-15,18-19H,6,8-9,11,13H2,1-2H3/b4-3+,7-5+/t15-,18+,19+/m0/s1. The molecule has 1 saturated carbocycles. The van der Waals surface area contributed by atoms with Crippen molar-refractivity contribution in [2.24, 2.45) is 11.8 Å². The maximum absolute atomic E-state index is 5.44. The minimum atomic E-state index is 0.734. The monoisotopic (exact) mass is 282 g/mol. The Morgan fingerprint density at radius 1 is 1.14 bits per heavy atom. The van der Waals surface area contributed by atoms with Gasteiger partial charge in [-0.05, 0) is 73.6 Å². The number of hydrogen-bond acceptors (Lipinski definition) is 1. The Balaban J connectivity index is 1.87. The van der Waals surface area contributed by atoms with E-state index in [4.69, 9.17) is 4.74 Å². The molecule has 0 radical (unpaired) electrons. The molecular formula is C20H26O. The summed E-state index contributed by atoms with van der Waals surface area (Å²) >= 11 is 0. The second-order valence-electron chi connectivity index (χ2n) is 6.38. The van der Waals surface area contributed by atoms with Crippen LogP contribution in [0.25, 0.3) is 0 Å². The van der Waals surface area contributed by atoms with Crippen LogP contribution in [-0.2, 0) is 6.42 Å². The van der Waals surface area contributed by atoms with Gasteiger partial charge in [-0.1, -0.05) is 36.8 Å². The third-order valence-corrected chi connectivity index (χ3v) is 5.28. The lowest BCUT2D eigenvalue weighted by atomic mass is 9.63. The summed E-state index contributed by atoms with van der Waals surface area (Å²) in [6.45, 7) is 2.08. The zero-order valence-electron chi connectivity index (χ0n) is 13.2. The van der Waals surface area contributed by atoms with Gasteiger partial charge < -0.3 is 4.74 Å². The van der Waals surface area contributed by atoms with Gasteiger partial charge in [-0.25, -0.2) is 0 Å². The van der Waals surface area contributed by atoms with E-state index >= 15 is 0 Å². The van der Waals surface area contributed by atoms with Gasteiger partial charge in [-0.15, -0.1) is 0 Å². The van der Waals surface area contributed by atoms with Crippen molar-refractivity contribution in [3.8, 4) is 5.75 Å². The number of aryl methyl sites for hydroxylation is 1. The zero-order valence-corrected chi connectivity index (χ0v) is 13.2. The van der Waals surface area contributed by atoms with E-state index in [1.807, 2.05) is 0 Å². The zero-order chi connectivity index (χ0) is 14.7. The number of methoxy groups -OCH3 is 1. The summed E-state index contributed by atoms with van der Waals surface area (Å²) in [6, 6.07) is 6.69. The van der Waals surface area contributed by atoms with Gasteiger partial charge in [0.15, 0.2) is 0 Å². The lowest BCUT2D eigenvalue weighted by Gasteiger charge is -2.41. The molecule has 1 aromatic carbocycles. The molecule has 3 atom stereocenters. The second kappa shape index (κ2) is 6.51. The summed E-state index contributed by atoms with van der Waals surface area (Å²) in [7, 11) is 1.77.